The molecule has 0 bridgehead atoms. The summed E-state index contributed by atoms with van der Waals surface area (Å²) in [7, 11) is -3.55. The lowest BCUT2D eigenvalue weighted by Gasteiger charge is -2.31. The molecule has 1 aliphatic heterocycles. The molecule has 5 heteroatoms. The molecule has 0 radical (unpaired) electrons. The highest BCUT2D eigenvalue weighted by Crippen LogP contribution is 2.26. The van der Waals surface area contributed by atoms with Crippen molar-refractivity contribution in [2.24, 2.45) is 5.92 Å². The number of nitrogens with zero attached hydrogens (tertiary/aromatic N) is 1. The minimum absolute atomic E-state index is 0.0272. The Balaban J connectivity index is 1.80. The van der Waals surface area contributed by atoms with Crippen molar-refractivity contribution >= 4 is 15.8 Å². The summed E-state index contributed by atoms with van der Waals surface area (Å²) in [5, 5.41) is 0. The first-order chi connectivity index (χ1) is 11.5. The second-order valence-corrected chi connectivity index (χ2v) is 8.18. The van der Waals surface area contributed by atoms with E-state index in [1.165, 1.54) is 4.31 Å². The third kappa shape index (κ3) is 3.42. The SMILES string of the molecule is Cc1ccc(S(=O)(=O)N2CCCC(C(=O)c3ccccc3)C2)cc1. The van der Waals surface area contributed by atoms with Gasteiger partial charge in [-0.1, -0.05) is 48.0 Å². The Kier molecular flexibility index (Phi) is 4.83. The molecule has 0 aliphatic carbocycles. The third-order valence-corrected chi connectivity index (χ3v) is 6.35. The Hall–Kier alpha value is -1.98. The zero-order chi connectivity index (χ0) is 17.2. The van der Waals surface area contributed by atoms with Gasteiger partial charge in [-0.3, -0.25) is 4.79 Å². The maximum Gasteiger partial charge on any atom is 0.243 e. The van der Waals surface area contributed by atoms with Gasteiger partial charge in [0.05, 0.1) is 4.90 Å². The van der Waals surface area contributed by atoms with Crippen LogP contribution >= 0.6 is 0 Å². The number of rotatable bonds is 4. The lowest BCUT2D eigenvalue weighted by Crippen LogP contribution is -2.42. The molecule has 1 atom stereocenters. The third-order valence-electron chi connectivity index (χ3n) is 4.47. The molecule has 2 aromatic carbocycles. The van der Waals surface area contributed by atoms with Crippen molar-refractivity contribution in [1.82, 2.24) is 4.31 Å². The maximum absolute atomic E-state index is 12.8. The maximum atomic E-state index is 12.8. The predicted molar refractivity (Wildman–Crippen MR) is 93.4 cm³/mol. The Labute approximate surface area is 143 Å². The van der Waals surface area contributed by atoms with E-state index in [1.807, 2.05) is 25.1 Å². The van der Waals surface area contributed by atoms with Crippen LogP contribution < -0.4 is 0 Å². The fourth-order valence-corrected chi connectivity index (χ4v) is 4.60. The van der Waals surface area contributed by atoms with E-state index in [0.717, 1.165) is 12.0 Å². The monoisotopic (exact) mass is 343 g/mol. The molecule has 3 rings (SSSR count). The van der Waals surface area contributed by atoms with Crippen molar-refractivity contribution in [2.75, 3.05) is 13.1 Å². The summed E-state index contributed by atoms with van der Waals surface area (Å²) in [6, 6.07) is 16.0. The van der Waals surface area contributed by atoms with Crippen LogP contribution in [0.3, 0.4) is 0 Å². The van der Waals surface area contributed by atoms with Gasteiger partial charge in [-0.05, 0) is 31.9 Å². The number of sulfonamides is 1. The van der Waals surface area contributed by atoms with E-state index in [4.69, 9.17) is 0 Å². The Morgan fingerprint density at radius 3 is 2.38 bits per heavy atom. The van der Waals surface area contributed by atoms with Crippen molar-refractivity contribution in [3.8, 4) is 0 Å². The van der Waals surface area contributed by atoms with Crippen LogP contribution in [-0.4, -0.2) is 31.6 Å². The number of piperidine rings is 1. The van der Waals surface area contributed by atoms with E-state index in [0.29, 0.717) is 23.4 Å². The highest BCUT2D eigenvalue weighted by Gasteiger charge is 2.33. The average Bonchev–Trinajstić information content (AvgIpc) is 2.62. The molecule has 0 saturated carbocycles. The minimum Gasteiger partial charge on any atom is -0.294 e. The standard InChI is InChI=1S/C19H21NO3S/c1-15-9-11-18(12-10-15)24(22,23)20-13-5-8-17(14-20)19(21)16-6-3-2-4-7-16/h2-4,6-7,9-12,17H,5,8,13-14H2,1H3. The molecular weight excluding hydrogens is 322 g/mol. The molecule has 1 heterocycles. The first-order valence-corrected chi connectivity index (χ1v) is 9.58. The number of carbonyl (C=O) groups is 1. The fourth-order valence-electron chi connectivity index (χ4n) is 3.07. The molecule has 1 unspecified atom stereocenters. The van der Waals surface area contributed by atoms with Crippen molar-refractivity contribution in [1.29, 1.82) is 0 Å². The normalized spacial score (nSPS) is 19.1. The van der Waals surface area contributed by atoms with E-state index in [1.54, 1.807) is 36.4 Å². The molecule has 1 aliphatic rings. The topological polar surface area (TPSA) is 54.5 Å². The Morgan fingerprint density at radius 1 is 1.04 bits per heavy atom. The molecule has 126 valence electrons. The van der Waals surface area contributed by atoms with Gasteiger partial charge in [-0.25, -0.2) is 8.42 Å². The van der Waals surface area contributed by atoms with E-state index in [2.05, 4.69) is 0 Å². The number of carbonyl (C=O) groups excluding carboxylic acids is 1. The second kappa shape index (κ2) is 6.87. The molecular formula is C19H21NO3S. The van der Waals surface area contributed by atoms with E-state index >= 15 is 0 Å². The van der Waals surface area contributed by atoms with Gasteiger partial charge in [-0.2, -0.15) is 4.31 Å². The molecule has 1 saturated heterocycles. The zero-order valence-corrected chi connectivity index (χ0v) is 14.5. The van der Waals surface area contributed by atoms with Crippen LogP contribution in [0.1, 0.15) is 28.8 Å². The highest BCUT2D eigenvalue weighted by molar-refractivity contribution is 7.89. The first kappa shape index (κ1) is 16.9. The van der Waals surface area contributed by atoms with Gasteiger partial charge in [0, 0.05) is 24.6 Å². The largest absolute Gasteiger partial charge is 0.294 e. The van der Waals surface area contributed by atoms with Crippen LogP contribution in [0.25, 0.3) is 0 Å². The summed E-state index contributed by atoms with van der Waals surface area (Å²) in [4.78, 5) is 12.9. The average molecular weight is 343 g/mol. The van der Waals surface area contributed by atoms with Crippen LogP contribution in [0.4, 0.5) is 0 Å². The van der Waals surface area contributed by atoms with Gasteiger partial charge in [0.25, 0.3) is 0 Å². The van der Waals surface area contributed by atoms with E-state index in [-0.39, 0.29) is 18.2 Å². The van der Waals surface area contributed by atoms with Crippen LogP contribution in [0.2, 0.25) is 0 Å². The quantitative estimate of drug-likeness (QED) is 0.801. The minimum atomic E-state index is -3.55. The van der Waals surface area contributed by atoms with Crippen molar-refractivity contribution < 1.29 is 13.2 Å². The molecule has 2 aromatic rings. The Morgan fingerprint density at radius 2 is 1.71 bits per heavy atom. The Bertz CT molecular complexity index is 813. The van der Waals surface area contributed by atoms with Gasteiger partial charge in [0.1, 0.15) is 0 Å². The fraction of sp³-hybridized carbons (Fsp3) is 0.316. The van der Waals surface area contributed by atoms with Crippen LogP contribution in [-0.2, 0) is 10.0 Å². The number of benzene rings is 2. The zero-order valence-electron chi connectivity index (χ0n) is 13.7. The van der Waals surface area contributed by atoms with Crippen molar-refractivity contribution in [3.63, 3.8) is 0 Å². The summed E-state index contributed by atoms with van der Waals surface area (Å²) in [5.74, 6) is -0.249. The number of hydrogen-bond acceptors (Lipinski definition) is 3. The van der Waals surface area contributed by atoms with E-state index in [9.17, 15) is 13.2 Å². The predicted octanol–water partition coefficient (Wildman–Crippen LogP) is 3.28. The highest BCUT2D eigenvalue weighted by atomic mass is 32.2. The summed E-state index contributed by atoms with van der Waals surface area (Å²) in [6.45, 7) is 2.64. The lowest BCUT2D eigenvalue weighted by molar-refractivity contribution is 0.0872. The van der Waals surface area contributed by atoms with Crippen molar-refractivity contribution in [3.05, 3.63) is 65.7 Å². The van der Waals surface area contributed by atoms with Crippen LogP contribution in [0.5, 0.6) is 0 Å². The molecule has 24 heavy (non-hydrogen) atoms. The lowest BCUT2D eigenvalue weighted by atomic mass is 9.91. The number of hydrogen-bond donors (Lipinski definition) is 0. The van der Waals surface area contributed by atoms with Gasteiger partial charge >= 0.3 is 0 Å². The summed E-state index contributed by atoms with van der Waals surface area (Å²) >= 11 is 0. The van der Waals surface area contributed by atoms with Gasteiger partial charge in [0.2, 0.25) is 10.0 Å². The van der Waals surface area contributed by atoms with E-state index < -0.39 is 10.0 Å². The number of ketones is 1. The molecule has 1 fully saturated rings. The number of Topliss-reactive ketones (excluding diaryl/α,β-unsaturated/α-hetero) is 1. The van der Waals surface area contributed by atoms with Gasteiger partial charge in [-0.15, -0.1) is 0 Å². The van der Waals surface area contributed by atoms with Crippen LogP contribution in [0, 0.1) is 12.8 Å². The summed E-state index contributed by atoms with van der Waals surface area (Å²) in [5.41, 5.74) is 1.67. The molecule has 0 spiro atoms. The van der Waals surface area contributed by atoms with Gasteiger partial charge in [0.15, 0.2) is 5.78 Å². The van der Waals surface area contributed by atoms with Crippen LogP contribution in [0.15, 0.2) is 59.5 Å². The first-order valence-electron chi connectivity index (χ1n) is 8.14. The molecule has 0 aromatic heterocycles. The smallest absolute Gasteiger partial charge is 0.243 e. The molecule has 0 N–H and O–H groups in total. The van der Waals surface area contributed by atoms with Gasteiger partial charge < -0.3 is 0 Å². The number of aryl methyl sites for hydroxylation is 1. The summed E-state index contributed by atoms with van der Waals surface area (Å²) < 4.78 is 27.1. The van der Waals surface area contributed by atoms with Crippen molar-refractivity contribution in [2.45, 2.75) is 24.7 Å². The molecule has 0 amide bonds. The summed E-state index contributed by atoms with van der Waals surface area (Å²) in [6.07, 6.45) is 1.43. The molecule has 4 nitrogen and oxygen atoms in total. The second-order valence-electron chi connectivity index (χ2n) is 6.25.